The summed E-state index contributed by atoms with van der Waals surface area (Å²) in [5.74, 6) is 2.12. The maximum atomic E-state index is 6.01. The molecule has 0 aliphatic rings. The average molecular weight is 356 g/mol. The topological polar surface area (TPSA) is 36.9 Å². The molecule has 4 heteroatoms. The van der Waals surface area contributed by atoms with Gasteiger partial charge in [-0.2, -0.15) is 0 Å². The zero-order chi connectivity index (χ0) is 18.6. The highest BCUT2D eigenvalue weighted by molar-refractivity contribution is 5.42. The molecule has 0 N–H and O–H groups in total. The molecule has 2 rings (SSSR count). The average Bonchev–Trinajstić information content (AvgIpc) is 2.70. The summed E-state index contributed by atoms with van der Waals surface area (Å²) in [6.45, 7) is 5.28. The van der Waals surface area contributed by atoms with Crippen molar-refractivity contribution in [3.05, 3.63) is 66.7 Å². The molecule has 0 aromatic heterocycles. The number of unbranched alkanes of at least 4 members (excludes halogenated alkanes) is 1. The van der Waals surface area contributed by atoms with Crippen molar-refractivity contribution in [1.82, 2.24) is 0 Å². The van der Waals surface area contributed by atoms with Crippen molar-refractivity contribution >= 4 is 0 Å². The third-order valence-corrected chi connectivity index (χ3v) is 4.01. The quantitative estimate of drug-likeness (QED) is 0.395. The Bertz CT molecular complexity index is 632. The zero-order valence-corrected chi connectivity index (χ0v) is 15.6. The van der Waals surface area contributed by atoms with E-state index in [9.17, 15) is 0 Å². The van der Waals surface area contributed by atoms with Gasteiger partial charge in [-0.25, -0.2) is 0 Å². The van der Waals surface area contributed by atoms with E-state index in [2.05, 4.69) is 18.7 Å². The van der Waals surface area contributed by atoms with Gasteiger partial charge in [-0.1, -0.05) is 43.0 Å². The highest BCUT2D eigenvalue weighted by atomic mass is 16.5. The summed E-state index contributed by atoms with van der Waals surface area (Å²) in [4.78, 5) is 0. The van der Waals surface area contributed by atoms with Gasteiger partial charge in [-0.05, 0) is 24.8 Å². The molecule has 0 bridgehead atoms. The second-order valence-electron chi connectivity index (χ2n) is 5.97. The van der Waals surface area contributed by atoms with E-state index >= 15 is 0 Å². The Morgan fingerprint density at radius 2 is 1.58 bits per heavy atom. The zero-order valence-electron chi connectivity index (χ0n) is 15.6. The van der Waals surface area contributed by atoms with Crippen LogP contribution in [0.2, 0.25) is 0 Å². The van der Waals surface area contributed by atoms with E-state index in [1.165, 1.54) is 5.56 Å². The molecule has 1 atom stereocenters. The van der Waals surface area contributed by atoms with Crippen molar-refractivity contribution in [2.45, 2.75) is 32.0 Å². The first-order valence-corrected chi connectivity index (χ1v) is 8.89. The second kappa shape index (κ2) is 11.2. The molecule has 140 valence electrons. The molecular weight excluding hydrogens is 328 g/mol. The van der Waals surface area contributed by atoms with E-state index in [0.29, 0.717) is 23.9 Å². The summed E-state index contributed by atoms with van der Waals surface area (Å²) in [6, 6.07) is 15.7. The lowest BCUT2D eigenvalue weighted by Gasteiger charge is -2.17. The minimum absolute atomic E-state index is 0.0547. The molecular formula is C22H28O4. The molecule has 0 aliphatic heterocycles. The molecule has 1 unspecified atom stereocenters. The fraction of sp³-hybridized carbons (Fsp3) is 0.364. The maximum Gasteiger partial charge on any atom is 0.127 e. The Kier molecular flexibility index (Phi) is 8.56. The predicted molar refractivity (Wildman–Crippen MR) is 104 cm³/mol. The predicted octanol–water partition coefficient (Wildman–Crippen LogP) is 5.02. The maximum absolute atomic E-state index is 6.01. The minimum atomic E-state index is -0.0547. The summed E-state index contributed by atoms with van der Waals surface area (Å²) in [5.41, 5.74) is 1.20. The molecule has 4 nitrogen and oxygen atoms in total. The highest BCUT2D eigenvalue weighted by Gasteiger charge is 2.09. The third-order valence-electron chi connectivity index (χ3n) is 4.01. The first kappa shape index (κ1) is 19.9. The largest absolute Gasteiger partial charge is 0.496 e. The number of rotatable bonds is 12. The fourth-order valence-electron chi connectivity index (χ4n) is 2.56. The van der Waals surface area contributed by atoms with Gasteiger partial charge in [-0.15, -0.1) is 0 Å². The van der Waals surface area contributed by atoms with Crippen molar-refractivity contribution in [1.29, 1.82) is 0 Å². The van der Waals surface area contributed by atoms with E-state index in [0.717, 1.165) is 25.9 Å². The van der Waals surface area contributed by atoms with Gasteiger partial charge in [0.05, 0.1) is 20.8 Å². The van der Waals surface area contributed by atoms with Crippen LogP contribution in [-0.4, -0.2) is 26.9 Å². The molecule has 2 aromatic rings. The van der Waals surface area contributed by atoms with Gasteiger partial charge in [0, 0.05) is 24.8 Å². The monoisotopic (exact) mass is 356 g/mol. The molecule has 0 fully saturated rings. The molecule has 0 aliphatic carbocycles. The van der Waals surface area contributed by atoms with Crippen molar-refractivity contribution in [3.63, 3.8) is 0 Å². The molecule has 0 saturated heterocycles. The summed E-state index contributed by atoms with van der Waals surface area (Å²) in [7, 11) is 3.25. The van der Waals surface area contributed by atoms with Crippen LogP contribution in [0.1, 0.15) is 24.8 Å². The first-order chi connectivity index (χ1) is 12.7. The van der Waals surface area contributed by atoms with Crippen LogP contribution in [0.25, 0.3) is 0 Å². The van der Waals surface area contributed by atoms with E-state index in [-0.39, 0.29) is 6.10 Å². The molecule has 2 aromatic carbocycles. The normalized spacial score (nSPS) is 11.6. The first-order valence-electron chi connectivity index (χ1n) is 8.89. The molecule has 0 saturated carbocycles. The Hall–Kier alpha value is -2.46. The number of methoxy groups -OCH3 is 2. The number of hydrogen-bond donors (Lipinski definition) is 0. The van der Waals surface area contributed by atoms with Gasteiger partial charge in [0.2, 0.25) is 0 Å². The third kappa shape index (κ3) is 6.81. The van der Waals surface area contributed by atoms with Crippen LogP contribution in [0.15, 0.2) is 61.2 Å². The Balaban J connectivity index is 1.71. The van der Waals surface area contributed by atoms with Crippen molar-refractivity contribution < 1.29 is 18.9 Å². The number of ether oxygens (including phenoxy) is 4. The summed E-state index contributed by atoms with van der Waals surface area (Å²) in [6.07, 6.45) is 4.66. The SMILES string of the molecule is C=CC(CCCCOCc1ccccc1)Oc1cc(OC)cc(OC)c1. The van der Waals surface area contributed by atoms with Gasteiger partial charge >= 0.3 is 0 Å². The molecule has 0 heterocycles. The smallest absolute Gasteiger partial charge is 0.127 e. The molecule has 26 heavy (non-hydrogen) atoms. The van der Waals surface area contributed by atoms with Crippen molar-refractivity contribution in [2.75, 3.05) is 20.8 Å². The van der Waals surface area contributed by atoms with Gasteiger partial charge in [0.15, 0.2) is 0 Å². The minimum Gasteiger partial charge on any atom is -0.496 e. The van der Waals surface area contributed by atoms with Crippen molar-refractivity contribution in [2.24, 2.45) is 0 Å². The van der Waals surface area contributed by atoms with Gasteiger partial charge in [0.1, 0.15) is 23.4 Å². The summed E-state index contributed by atoms with van der Waals surface area (Å²) < 4.78 is 22.3. The van der Waals surface area contributed by atoms with E-state index in [1.54, 1.807) is 14.2 Å². The molecule has 0 radical (unpaired) electrons. The lowest BCUT2D eigenvalue weighted by Crippen LogP contribution is -2.13. The standard InChI is InChI=1S/C22H28O4/c1-4-19(26-22-15-20(23-2)14-21(16-22)24-3)12-8-9-13-25-17-18-10-6-5-7-11-18/h4-7,10-11,14-16,19H,1,8-9,12-13,17H2,2-3H3. The Labute approximate surface area is 156 Å². The number of benzene rings is 2. The Morgan fingerprint density at radius 1 is 0.923 bits per heavy atom. The van der Waals surface area contributed by atoms with Crippen LogP contribution in [0.5, 0.6) is 17.2 Å². The van der Waals surface area contributed by atoms with E-state index < -0.39 is 0 Å². The molecule has 0 spiro atoms. The van der Waals surface area contributed by atoms with Crippen LogP contribution in [0.4, 0.5) is 0 Å². The van der Waals surface area contributed by atoms with Gasteiger partial charge in [-0.3, -0.25) is 0 Å². The fourth-order valence-corrected chi connectivity index (χ4v) is 2.56. The van der Waals surface area contributed by atoms with E-state index in [4.69, 9.17) is 18.9 Å². The number of hydrogen-bond acceptors (Lipinski definition) is 4. The van der Waals surface area contributed by atoms with Gasteiger partial charge in [0.25, 0.3) is 0 Å². The van der Waals surface area contributed by atoms with Crippen LogP contribution < -0.4 is 14.2 Å². The lowest BCUT2D eigenvalue weighted by atomic mass is 10.1. The summed E-state index contributed by atoms with van der Waals surface area (Å²) >= 11 is 0. The van der Waals surface area contributed by atoms with Crippen LogP contribution in [0, 0.1) is 0 Å². The van der Waals surface area contributed by atoms with E-state index in [1.807, 2.05) is 42.5 Å². The Morgan fingerprint density at radius 3 is 2.19 bits per heavy atom. The van der Waals surface area contributed by atoms with Gasteiger partial charge < -0.3 is 18.9 Å². The highest BCUT2D eigenvalue weighted by Crippen LogP contribution is 2.28. The second-order valence-corrected chi connectivity index (χ2v) is 5.97. The van der Waals surface area contributed by atoms with Crippen molar-refractivity contribution in [3.8, 4) is 17.2 Å². The molecule has 0 amide bonds. The van der Waals surface area contributed by atoms with Crippen LogP contribution in [0.3, 0.4) is 0 Å². The lowest BCUT2D eigenvalue weighted by molar-refractivity contribution is 0.114. The van der Waals surface area contributed by atoms with Crippen LogP contribution in [-0.2, 0) is 11.3 Å². The van der Waals surface area contributed by atoms with Crippen LogP contribution >= 0.6 is 0 Å². The summed E-state index contributed by atoms with van der Waals surface area (Å²) in [5, 5.41) is 0.